The third-order valence-corrected chi connectivity index (χ3v) is 3.91. The smallest absolute Gasteiger partial charge is 0.224 e. The SMILES string of the molecule is O=C(CCc1ncc(-c2c(F)cccc2F)o1)Nc1cc(Cl)cc(Cl)c1. The van der Waals surface area contributed by atoms with Gasteiger partial charge in [0.15, 0.2) is 11.7 Å². The van der Waals surface area contributed by atoms with Gasteiger partial charge in [0, 0.05) is 28.6 Å². The minimum Gasteiger partial charge on any atom is -0.441 e. The van der Waals surface area contributed by atoms with Gasteiger partial charge in [0.05, 0.1) is 11.8 Å². The molecule has 0 aliphatic carbocycles. The van der Waals surface area contributed by atoms with E-state index in [9.17, 15) is 13.6 Å². The lowest BCUT2D eigenvalue weighted by molar-refractivity contribution is -0.116. The predicted octanol–water partition coefficient (Wildman–Crippen LogP) is 5.50. The van der Waals surface area contributed by atoms with Crippen molar-refractivity contribution in [3.8, 4) is 11.3 Å². The van der Waals surface area contributed by atoms with Gasteiger partial charge in [0.25, 0.3) is 0 Å². The summed E-state index contributed by atoms with van der Waals surface area (Å²) in [7, 11) is 0. The van der Waals surface area contributed by atoms with Crippen molar-refractivity contribution < 1.29 is 18.0 Å². The Balaban J connectivity index is 1.64. The molecule has 0 saturated carbocycles. The van der Waals surface area contributed by atoms with Crippen LogP contribution in [0.4, 0.5) is 14.5 Å². The Labute approximate surface area is 157 Å². The number of nitrogens with one attached hydrogen (secondary N) is 1. The van der Waals surface area contributed by atoms with Gasteiger partial charge < -0.3 is 9.73 Å². The fourth-order valence-electron chi connectivity index (χ4n) is 2.34. The van der Waals surface area contributed by atoms with E-state index in [1.54, 1.807) is 18.2 Å². The van der Waals surface area contributed by atoms with Crippen molar-refractivity contribution in [2.45, 2.75) is 12.8 Å². The quantitative estimate of drug-likeness (QED) is 0.619. The topological polar surface area (TPSA) is 55.1 Å². The molecule has 0 unspecified atom stereocenters. The Hall–Kier alpha value is -2.44. The van der Waals surface area contributed by atoms with Crippen LogP contribution < -0.4 is 5.32 Å². The number of hydrogen-bond acceptors (Lipinski definition) is 3. The zero-order valence-corrected chi connectivity index (χ0v) is 14.7. The van der Waals surface area contributed by atoms with Gasteiger partial charge in [0.1, 0.15) is 11.6 Å². The van der Waals surface area contributed by atoms with Gasteiger partial charge in [-0.15, -0.1) is 0 Å². The molecule has 1 heterocycles. The molecular weight excluding hydrogens is 385 g/mol. The van der Waals surface area contributed by atoms with Crippen molar-refractivity contribution in [1.82, 2.24) is 4.98 Å². The third-order valence-electron chi connectivity index (χ3n) is 3.47. The van der Waals surface area contributed by atoms with Gasteiger partial charge in [-0.25, -0.2) is 13.8 Å². The lowest BCUT2D eigenvalue weighted by Gasteiger charge is -2.05. The van der Waals surface area contributed by atoms with Crippen LogP contribution in [0, 0.1) is 11.6 Å². The van der Waals surface area contributed by atoms with Crippen LogP contribution in [0.25, 0.3) is 11.3 Å². The Bertz CT molecular complexity index is 920. The van der Waals surface area contributed by atoms with Crippen LogP contribution in [0.2, 0.25) is 10.0 Å². The van der Waals surface area contributed by atoms with E-state index in [2.05, 4.69) is 10.3 Å². The van der Waals surface area contributed by atoms with E-state index in [0.717, 1.165) is 12.1 Å². The zero-order valence-electron chi connectivity index (χ0n) is 13.2. The maximum atomic E-state index is 13.8. The first-order chi connectivity index (χ1) is 12.4. The number of amides is 1. The Morgan fingerprint density at radius 1 is 1.12 bits per heavy atom. The van der Waals surface area contributed by atoms with Crippen LogP contribution in [-0.2, 0) is 11.2 Å². The number of oxazole rings is 1. The number of rotatable bonds is 5. The first-order valence-electron chi connectivity index (χ1n) is 7.57. The minimum atomic E-state index is -0.747. The molecule has 1 N–H and O–H groups in total. The van der Waals surface area contributed by atoms with E-state index >= 15 is 0 Å². The summed E-state index contributed by atoms with van der Waals surface area (Å²) in [4.78, 5) is 16.0. The highest BCUT2D eigenvalue weighted by molar-refractivity contribution is 6.35. The van der Waals surface area contributed by atoms with Gasteiger partial charge >= 0.3 is 0 Å². The minimum absolute atomic E-state index is 0.0300. The van der Waals surface area contributed by atoms with Crippen molar-refractivity contribution in [3.05, 3.63) is 70.2 Å². The molecule has 134 valence electrons. The highest BCUT2D eigenvalue weighted by Gasteiger charge is 2.16. The normalized spacial score (nSPS) is 10.8. The first-order valence-corrected chi connectivity index (χ1v) is 8.33. The number of carbonyl (C=O) groups is 1. The second-order valence-corrected chi connectivity index (χ2v) is 6.29. The summed E-state index contributed by atoms with van der Waals surface area (Å²) in [6.07, 6.45) is 1.45. The maximum absolute atomic E-state index is 13.8. The number of benzene rings is 2. The van der Waals surface area contributed by atoms with Crippen LogP contribution in [0.1, 0.15) is 12.3 Å². The molecule has 1 amide bonds. The molecule has 0 atom stereocenters. The van der Waals surface area contributed by atoms with Crippen molar-refractivity contribution >= 4 is 34.8 Å². The molecule has 8 heteroatoms. The van der Waals surface area contributed by atoms with Gasteiger partial charge in [0.2, 0.25) is 5.91 Å². The van der Waals surface area contributed by atoms with Crippen LogP contribution in [0.3, 0.4) is 0 Å². The molecule has 3 rings (SSSR count). The molecule has 0 spiro atoms. The average molecular weight is 397 g/mol. The van der Waals surface area contributed by atoms with Crippen LogP contribution in [0.5, 0.6) is 0 Å². The molecule has 1 aromatic heterocycles. The summed E-state index contributed by atoms with van der Waals surface area (Å²) in [5.41, 5.74) is 0.179. The molecular formula is C18H12Cl2F2N2O2. The standard InChI is InChI=1S/C18H12Cl2F2N2O2/c19-10-6-11(20)8-12(7-10)24-16(25)4-5-17-23-9-15(26-17)18-13(21)2-1-3-14(18)22/h1-3,6-9H,4-5H2,(H,24,25). The van der Waals surface area contributed by atoms with Crippen LogP contribution in [-0.4, -0.2) is 10.9 Å². The summed E-state index contributed by atoms with van der Waals surface area (Å²) in [6, 6.07) is 8.20. The molecule has 4 nitrogen and oxygen atoms in total. The third kappa shape index (κ3) is 4.39. The van der Waals surface area contributed by atoms with Gasteiger partial charge in [-0.1, -0.05) is 29.3 Å². The predicted molar refractivity (Wildman–Crippen MR) is 95.3 cm³/mol. The fraction of sp³-hybridized carbons (Fsp3) is 0.111. The number of carbonyl (C=O) groups excluding carboxylic acids is 1. The average Bonchev–Trinajstić information content (AvgIpc) is 3.00. The molecule has 2 aromatic carbocycles. The molecule has 3 aromatic rings. The van der Waals surface area contributed by atoms with Gasteiger partial charge in [-0.05, 0) is 30.3 Å². The largest absolute Gasteiger partial charge is 0.441 e. The van der Waals surface area contributed by atoms with E-state index < -0.39 is 11.6 Å². The van der Waals surface area contributed by atoms with E-state index in [1.807, 2.05) is 0 Å². The van der Waals surface area contributed by atoms with E-state index in [0.29, 0.717) is 15.7 Å². The highest BCUT2D eigenvalue weighted by Crippen LogP contribution is 2.27. The Morgan fingerprint density at radius 2 is 1.77 bits per heavy atom. The van der Waals surface area contributed by atoms with Crippen molar-refractivity contribution in [1.29, 1.82) is 0 Å². The fourth-order valence-corrected chi connectivity index (χ4v) is 2.87. The van der Waals surface area contributed by atoms with E-state index in [4.69, 9.17) is 27.6 Å². The summed E-state index contributed by atoms with van der Waals surface area (Å²) >= 11 is 11.7. The summed E-state index contributed by atoms with van der Waals surface area (Å²) in [6.45, 7) is 0. The van der Waals surface area contributed by atoms with Gasteiger partial charge in [-0.3, -0.25) is 4.79 Å². The van der Waals surface area contributed by atoms with Crippen molar-refractivity contribution in [2.24, 2.45) is 0 Å². The molecule has 0 radical (unpaired) electrons. The number of hydrogen-bond donors (Lipinski definition) is 1. The number of aryl methyl sites for hydroxylation is 1. The number of aromatic nitrogens is 1. The molecule has 26 heavy (non-hydrogen) atoms. The number of halogens is 4. The molecule has 0 aliphatic heterocycles. The number of nitrogens with zero attached hydrogens (tertiary/aromatic N) is 1. The Morgan fingerprint density at radius 3 is 2.42 bits per heavy atom. The lowest BCUT2D eigenvalue weighted by Crippen LogP contribution is -2.12. The van der Waals surface area contributed by atoms with Crippen molar-refractivity contribution in [2.75, 3.05) is 5.32 Å². The first kappa shape index (κ1) is 18.4. The second kappa shape index (κ2) is 7.85. The van der Waals surface area contributed by atoms with E-state index in [-0.39, 0.29) is 36.0 Å². The summed E-state index contributed by atoms with van der Waals surface area (Å²) in [5.74, 6) is -1.63. The Kier molecular flexibility index (Phi) is 5.54. The van der Waals surface area contributed by atoms with Crippen LogP contribution in [0.15, 0.2) is 47.0 Å². The molecule has 0 bridgehead atoms. The summed E-state index contributed by atoms with van der Waals surface area (Å²) in [5, 5.41) is 3.45. The maximum Gasteiger partial charge on any atom is 0.224 e. The highest BCUT2D eigenvalue weighted by atomic mass is 35.5. The second-order valence-electron chi connectivity index (χ2n) is 5.42. The number of anilines is 1. The lowest BCUT2D eigenvalue weighted by atomic mass is 10.1. The monoisotopic (exact) mass is 396 g/mol. The molecule has 0 saturated heterocycles. The zero-order chi connectivity index (χ0) is 18.7. The molecule has 0 aliphatic rings. The summed E-state index contributed by atoms with van der Waals surface area (Å²) < 4.78 is 32.9. The van der Waals surface area contributed by atoms with Gasteiger partial charge in [-0.2, -0.15) is 0 Å². The molecule has 0 fully saturated rings. The van der Waals surface area contributed by atoms with E-state index in [1.165, 1.54) is 12.3 Å². The van der Waals surface area contributed by atoms with Crippen molar-refractivity contribution in [3.63, 3.8) is 0 Å². The van der Waals surface area contributed by atoms with Crippen LogP contribution >= 0.6 is 23.2 Å².